The molecule has 1 aliphatic heterocycles. The first-order chi connectivity index (χ1) is 11.2. The van der Waals surface area contributed by atoms with E-state index < -0.39 is 6.10 Å². The number of ether oxygens (including phenoxy) is 4. The zero-order valence-corrected chi connectivity index (χ0v) is 12.9. The van der Waals surface area contributed by atoms with Crippen LogP contribution in [0.25, 0.3) is 0 Å². The highest BCUT2D eigenvalue weighted by Gasteiger charge is 2.18. The third-order valence-corrected chi connectivity index (χ3v) is 3.36. The van der Waals surface area contributed by atoms with Gasteiger partial charge in [0, 0.05) is 17.8 Å². The number of hydrogen-bond donors (Lipinski definition) is 1. The molecule has 0 aromatic heterocycles. The summed E-state index contributed by atoms with van der Waals surface area (Å²) in [5.41, 5.74) is 0.625. The maximum absolute atomic E-state index is 12.2. The minimum absolute atomic E-state index is 0.197. The number of amides is 1. The van der Waals surface area contributed by atoms with Crippen molar-refractivity contribution in [1.82, 2.24) is 0 Å². The average Bonchev–Trinajstić information content (AvgIpc) is 3.02. The minimum atomic E-state index is -0.660. The van der Waals surface area contributed by atoms with Crippen molar-refractivity contribution in [2.24, 2.45) is 0 Å². The number of hydrogen-bond acceptors (Lipinski definition) is 5. The number of nitrogens with one attached hydrogen (secondary N) is 1. The van der Waals surface area contributed by atoms with Crippen molar-refractivity contribution < 1.29 is 23.7 Å². The second kappa shape index (κ2) is 6.48. The van der Waals surface area contributed by atoms with Gasteiger partial charge in [0.1, 0.15) is 11.5 Å². The quantitative estimate of drug-likeness (QED) is 0.919. The number of carbonyl (C=O) groups is 1. The lowest BCUT2D eigenvalue weighted by Gasteiger charge is -2.15. The van der Waals surface area contributed by atoms with Crippen molar-refractivity contribution in [3.8, 4) is 23.0 Å². The van der Waals surface area contributed by atoms with Crippen molar-refractivity contribution >= 4 is 11.6 Å². The Kier molecular flexibility index (Phi) is 4.23. The number of carbonyl (C=O) groups excluding carboxylic acids is 1. The molecule has 23 heavy (non-hydrogen) atoms. The van der Waals surface area contributed by atoms with Crippen LogP contribution in [0.15, 0.2) is 42.5 Å². The monoisotopic (exact) mass is 315 g/mol. The molecule has 2 aromatic carbocycles. The molecule has 6 heteroatoms. The van der Waals surface area contributed by atoms with Crippen molar-refractivity contribution in [2.45, 2.75) is 13.0 Å². The van der Waals surface area contributed by atoms with Crippen molar-refractivity contribution in [3.05, 3.63) is 42.5 Å². The zero-order chi connectivity index (χ0) is 16.2. The van der Waals surface area contributed by atoms with Gasteiger partial charge in [-0.2, -0.15) is 0 Å². The molecule has 0 aliphatic carbocycles. The van der Waals surface area contributed by atoms with Gasteiger partial charge in [-0.05, 0) is 31.2 Å². The van der Waals surface area contributed by atoms with E-state index in [0.717, 1.165) is 0 Å². The van der Waals surface area contributed by atoms with Crippen molar-refractivity contribution in [1.29, 1.82) is 0 Å². The highest BCUT2D eigenvalue weighted by molar-refractivity contribution is 5.94. The summed E-state index contributed by atoms with van der Waals surface area (Å²) in [7, 11) is 1.58. The standard InChI is InChI=1S/C17H17NO5/c1-11(23-14-5-3-4-13(9-14)20-2)17(19)18-12-6-7-15-16(8-12)22-10-21-15/h3-9,11H,10H2,1-2H3,(H,18,19). The average molecular weight is 315 g/mol. The SMILES string of the molecule is COc1cccc(OC(C)C(=O)Nc2ccc3c(c2)OCO3)c1. The molecule has 1 heterocycles. The fourth-order valence-electron chi connectivity index (χ4n) is 2.15. The first kappa shape index (κ1) is 15.0. The fourth-order valence-corrected chi connectivity index (χ4v) is 2.15. The molecule has 0 radical (unpaired) electrons. The summed E-state index contributed by atoms with van der Waals surface area (Å²) in [4.78, 5) is 12.2. The van der Waals surface area contributed by atoms with Gasteiger partial charge in [-0.15, -0.1) is 0 Å². The molecule has 6 nitrogen and oxygen atoms in total. The van der Waals surface area contributed by atoms with Gasteiger partial charge in [-0.3, -0.25) is 4.79 Å². The Hall–Kier alpha value is -2.89. The maximum Gasteiger partial charge on any atom is 0.265 e. The fraction of sp³-hybridized carbons (Fsp3) is 0.235. The van der Waals surface area contributed by atoms with Gasteiger partial charge >= 0.3 is 0 Å². The van der Waals surface area contributed by atoms with Crippen LogP contribution in [0.3, 0.4) is 0 Å². The molecule has 3 rings (SSSR count). The first-order valence-electron chi connectivity index (χ1n) is 7.17. The zero-order valence-electron chi connectivity index (χ0n) is 12.9. The van der Waals surface area contributed by atoms with Gasteiger partial charge in [0.15, 0.2) is 17.6 Å². The minimum Gasteiger partial charge on any atom is -0.497 e. The van der Waals surface area contributed by atoms with Crippen LogP contribution in [0.1, 0.15) is 6.92 Å². The van der Waals surface area contributed by atoms with E-state index in [1.54, 1.807) is 50.4 Å². The number of anilines is 1. The van der Waals surface area contributed by atoms with Crippen LogP contribution in [-0.2, 0) is 4.79 Å². The maximum atomic E-state index is 12.2. The highest BCUT2D eigenvalue weighted by Crippen LogP contribution is 2.34. The summed E-state index contributed by atoms with van der Waals surface area (Å²) in [5.74, 6) is 2.27. The van der Waals surface area contributed by atoms with Crippen LogP contribution in [-0.4, -0.2) is 25.9 Å². The van der Waals surface area contributed by atoms with Crippen LogP contribution in [0, 0.1) is 0 Å². The van der Waals surface area contributed by atoms with E-state index in [1.165, 1.54) is 0 Å². The largest absolute Gasteiger partial charge is 0.497 e. The molecule has 120 valence electrons. The third-order valence-electron chi connectivity index (χ3n) is 3.36. The van der Waals surface area contributed by atoms with Crippen LogP contribution < -0.4 is 24.3 Å². The van der Waals surface area contributed by atoms with Gasteiger partial charge in [0.25, 0.3) is 5.91 Å². The summed E-state index contributed by atoms with van der Waals surface area (Å²) in [6, 6.07) is 12.3. The van der Waals surface area contributed by atoms with Crippen molar-refractivity contribution in [3.63, 3.8) is 0 Å². The molecule has 1 N–H and O–H groups in total. The summed E-state index contributed by atoms with van der Waals surface area (Å²) in [6.07, 6.45) is -0.660. The Morgan fingerprint density at radius 2 is 1.91 bits per heavy atom. The predicted molar refractivity (Wildman–Crippen MR) is 84.3 cm³/mol. The van der Waals surface area contributed by atoms with E-state index in [0.29, 0.717) is 28.7 Å². The second-order valence-corrected chi connectivity index (χ2v) is 5.00. The van der Waals surface area contributed by atoms with Gasteiger partial charge < -0.3 is 24.3 Å². The van der Waals surface area contributed by atoms with Crippen LogP contribution in [0.4, 0.5) is 5.69 Å². The molecule has 0 bridgehead atoms. The smallest absolute Gasteiger partial charge is 0.265 e. The van der Waals surface area contributed by atoms with E-state index >= 15 is 0 Å². The van der Waals surface area contributed by atoms with E-state index in [1.807, 2.05) is 6.07 Å². The summed E-state index contributed by atoms with van der Waals surface area (Å²) < 4.78 is 21.3. The molecule has 0 spiro atoms. The van der Waals surface area contributed by atoms with E-state index in [-0.39, 0.29) is 12.7 Å². The lowest BCUT2D eigenvalue weighted by atomic mass is 10.2. The normalized spacial score (nSPS) is 13.3. The molecular formula is C17H17NO5. The highest BCUT2D eigenvalue weighted by atomic mass is 16.7. The summed E-state index contributed by atoms with van der Waals surface area (Å²) in [5, 5.41) is 2.79. The van der Waals surface area contributed by atoms with Crippen molar-refractivity contribution in [2.75, 3.05) is 19.2 Å². The van der Waals surface area contributed by atoms with Crippen LogP contribution in [0.5, 0.6) is 23.0 Å². The second-order valence-electron chi connectivity index (χ2n) is 5.00. The van der Waals surface area contributed by atoms with E-state index in [9.17, 15) is 4.79 Å². The summed E-state index contributed by atoms with van der Waals surface area (Å²) in [6.45, 7) is 1.88. The molecular weight excluding hydrogens is 298 g/mol. The number of fused-ring (bicyclic) bond motifs is 1. The van der Waals surface area contributed by atoms with Gasteiger partial charge in [-0.25, -0.2) is 0 Å². The van der Waals surface area contributed by atoms with Gasteiger partial charge in [0.2, 0.25) is 6.79 Å². The van der Waals surface area contributed by atoms with Crippen LogP contribution in [0.2, 0.25) is 0 Å². The molecule has 0 saturated heterocycles. The Balaban J connectivity index is 1.63. The predicted octanol–water partition coefficient (Wildman–Crippen LogP) is 2.83. The van der Waals surface area contributed by atoms with E-state index in [4.69, 9.17) is 18.9 Å². The molecule has 2 aromatic rings. The molecule has 1 atom stereocenters. The Morgan fingerprint density at radius 3 is 2.74 bits per heavy atom. The molecule has 0 saturated carbocycles. The summed E-state index contributed by atoms with van der Waals surface area (Å²) >= 11 is 0. The lowest BCUT2D eigenvalue weighted by molar-refractivity contribution is -0.122. The first-order valence-corrected chi connectivity index (χ1v) is 7.17. The third kappa shape index (κ3) is 3.48. The van der Waals surface area contributed by atoms with Crippen LogP contribution >= 0.6 is 0 Å². The molecule has 1 amide bonds. The molecule has 1 aliphatic rings. The number of methoxy groups -OCH3 is 1. The molecule has 0 fully saturated rings. The Bertz CT molecular complexity index is 716. The van der Waals surface area contributed by atoms with Gasteiger partial charge in [-0.1, -0.05) is 6.07 Å². The molecule has 1 unspecified atom stereocenters. The Labute approximate surface area is 133 Å². The van der Waals surface area contributed by atoms with Gasteiger partial charge in [0.05, 0.1) is 7.11 Å². The number of rotatable bonds is 5. The topological polar surface area (TPSA) is 66.0 Å². The van der Waals surface area contributed by atoms with E-state index in [2.05, 4.69) is 5.32 Å². The Morgan fingerprint density at radius 1 is 1.13 bits per heavy atom. The lowest BCUT2D eigenvalue weighted by Crippen LogP contribution is -2.30. The number of benzene rings is 2.